The van der Waals surface area contributed by atoms with Gasteiger partial charge >= 0.3 is 0 Å². The zero-order chi connectivity index (χ0) is 10.8. The number of carbonyl (C=O) groups is 1. The Morgan fingerprint density at radius 3 is 3.00 bits per heavy atom. The molecule has 3 heteroatoms. The molecular weight excluding hydrogens is 188 g/mol. The van der Waals surface area contributed by atoms with E-state index in [4.69, 9.17) is 5.73 Å². The van der Waals surface area contributed by atoms with Gasteiger partial charge in [0.25, 0.3) is 0 Å². The molecule has 1 aromatic carbocycles. The maximum Gasteiger partial charge on any atom is 0.221 e. The summed E-state index contributed by atoms with van der Waals surface area (Å²) in [6, 6.07) is 7.80. The molecule has 0 spiro atoms. The first-order valence-corrected chi connectivity index (χ1v) is 4.79. The van der Waals surface area contributed by atoms with E-state index in [1.807, 2.05) is 37.4 Å². The second-order valence-corrected chi connectivity index (χ2v) is 3.61. The molecule has 0 bridgehead atoms. The van der Waals surface area contributed by atoms with Gasteiger partial charge in [0.05, 0.1) is 6.42 Å². The smallest absolute Gasteiger partial charge is 0.221 e. The Kier molecular flexibility index (Phi) is 2.37. The van der Waals surface area contributed by atoms with Crippen molar-refractivity contribution in [1.82, 2.24) is 4.98 Å². The SMILES string of the molecule is Cc1cc2c(CC(N)=O)cccc2cn1. The molecule has 76 valence electrons. The summed E-state index contributed by atoms with van der Waals surface area (Å²) in [5.74, 6) is -0.308. The van der Waals surface area contributed by atoms with E-state index in [9.17, 15) is 4.79 Å². The molecule has 0 unspecified atom stereocenters. The van der Waals surface area contributed by atoms with Gasteiger partial charge in [-0.05, 0) is 23.9 Å². The van der Waals surface area contributed by atoms with Crippen molar-refractivity contribution in [1.29, 1.82) is 0 Å². The number of hydrogen-bond acceptors (Lipinski definition) is 2. The van der Waals surface area contributed by atoms with Gasteiger partial charge in [-0.15, -0.1) is 0 Å². The molecule has 0 aliphatic heterocycles. The van der Waals surface area contributed by atoms with Crippen molar-refractivity contribution < 1.29 is 4.79 Å². The number of nitrogens with zero attached hydrogens (tertiary/aromatic N) is 1. The number of fused-ring (bicyclic) bond motifs is 1. The minimum atomic E-state index is -0.308. The Hall–Kier alpha value is -1.90. The topological polar surface area (TPSA) is 56.0 Å². The van der Waals surface area contributed by atoms with E-state index >= 15 is 0 Å². The predicted octanol–water partition coefficient (Wildman–Crippen LogP) is 1.57. The van der Waals surface area contributed by atoms with Crippen molar-refractivity contribution in [2.24, 2.45) is 5.73 Å². The standard InChI is InChI=1S/C12H12N2O/c1-8-5-11-9(6-12(13)15)3-2-4-10(11)7-14-8/h2-5,7H,6H2,1H3,(H2,13,15). The molecule has 3 nitrogen and oxygen atoms in total. The summed E-state index contributed by atoms with van der Waals surface area (Å²) in [5.41, 5.74) is 7.11. The average Bonchev–Trinajstić information content (AvgIpc) is 2.18. The van der Waals surface area contributed by atoms with E-state index in [1.54, 1.807) is 0 Å². The fourth-order valence-electron chi connectivity index (χ4n) is 1.68. The van der Waals surface area contributed by atoms with E-state index in [-0.39, 0.29) is 12.3 Å². The van der Waals surface area contributed by atoms with Crippen LogP contribution in [0.2, 0.25) is 0 Å². The van der Waals surface area contributed by atoms with E-state index in [0.29, 0.717) is 0 Å². The normalized spacial score (nSPS) is 10.5. The van der Waals surface area contributed by atoms with Gasteiger partial charge in [-0.2, -0.15) is 0 Å². The van der Waals surface area contributed by atoms with Crippen LogP contribution in [0.15, 0.2) is 30.5 Å². The van der Waals surface area contributed by atoms with Crippen molar-refractivity contribution in [3.63, 3.8) is 0 Å². The highest BCUT2D eigenvalue weighted by Gasteiger charge is 2.04. The van der Waals surface area contributed by atoms with Gasteiger partial charge in [0.15, 0.2) is 0 Å². The predicted molar refractivity (Wildman–Crippen MR) is 59.4 cm³/mol. The van der Waals surface area contributed by atoms with Gasteiger partial charge < -0.3 is 5.73 Å². The number of hydrogen-bond donors (Lipinski definition) is 1. The van der Waals surface area contributed by atoms with E-state index in [2.05, 4.69) is 4.98 Å². The third kappa shape index (κ3) is 1.96. The summed E-state index contributed by atoms with van der Waals surface area (Å²) in [6.07, 6.45) is 2.09. The quantitative estimate of drug-likeness (QED) is 0.800. The highest BCUT2D eigenvalue weighted by atomic mass is 16.1. The molecule has 0 aliphatic carbocycles. The van der Waals surface area contributed by atoms with Crippen LogP contribution < -0.4 is 5.73 Å². The summed E-state index contributed by atoms with van der Waals surface area (Å²) < 4.78 is 0. The first-order valence-electron chi connectivity index (χ1n) is 4.79. The Morgan fingerprint density at radius 1 is 1.47 bits per heavy atom. The van der Waals surface area contributed by atoms with Crippen LogP contribution >= 0.6 is 0 Å². The van der Waals surface area contributed by atoms with E-state index < -0.39 is 0 Å². The molecule has 0 radical (unpaired) electrons. The van der Waals surface area contributed by atoms with Crippen molar-refractivity contribution in [3.05, 3.63) is 41.7 Å². The van der Waals surface area contributed by atoms with Crippen LogP contribution in [0.25, 0.3) is 10.8 Å². The molecule has 1 amide bonds. The molecule has 1 aromatic heterocycles. The van der Waals surface area contributed by atoms with Crippen molar-refractivity contribution >= 4 is 16.7 Å². The van der Waals surface area contributed by atoms with Crippen LogP contribution in [-0.2, 0) is 11.2 Å². The minimum absolute atomic E-state index is 0.279. The lowest BCUT2D eigenvalue weighted by atomic mass is 10.0. The zero-order valence-electron chi connectivity index (χ0n) is 8.53. The maximum absolute atomic E-state index is 10.9. The summed E-state index contributed by atoms with van der Waals surface area (Å²) in [7, 11) is 0. The summed E-state index contributed by atoms with van der Waals surface area (Å²) in [5, 5.41) is 2.10. The Bertz CT molecular complexity index is 520. The number of pyridine rings is 1. The fraction of sp³-hybridized carbons (Fsp3) is 0.167. The van der Waals surface area contributed by atoms with Crippen LogP contribution in [0, 0.1) is 6.92 Å². The Labute approximate surface area is 87.9 Å². The first kappa shape index (κ1) is 9.65. The molecule has 0 atom stereocenters. The number of benzene rings is 1. The fourth-order valence-corrected chi connectivity index (χ4v) is 1.68. The molecule has 0 fully saturated rings. The lowest BCUT2D eigenvalue weighted by Crippen LogP contribution is -2.13. The molecule has 2 rings (SSSR count). The van der Waals surface area contributed by atoms with Crippen LogP contribution in [0.3, 0.4) is 0 Å². The monoisotopic (exact) mass is 200 g/mol. The third-order valence-corrected chi connectivity index (χ3v) is 2.36. The summed E-state index contributed by atoms with van der Waals surface area (Å²) in [4.78, 5) is 15.1. The molecule has 2 aromatic rings. The molecule has 1 heterocycles. The van der Waals surface area contributed by atoms with Gasteiger partial charge in [0.2, 0.25) is 5.91 Å². The van der Waals surface area contributed by atoms with Crippen LogP contribution in [-0.4, -0.2) is 10.9 Å². The lowest BCUT2D eigenvalue weighted by molar-refractivity contribution is -0.117. The Balaban J connectivity index is 2.63. The number of carbonyl (C=O) groups excluding carboxylic acids is 1. The van der Waals surface area contributed by atoms with Crippen molar-refractivity contribution in [2.45, 2.75) is 13.3 Å². The van der Waals surface area contributed by atoms with Crippen LogP contribution in [0.1, 0.15) is 11.3 Å². The van der Waals surface area contributed by atoms with Gasteiger partial charge in [-0.1, -0.05) is 18.2 Å². The zero-order valence-corrected chi connectivity index (χ0v) is 8.53. The second kappa shape index (κ2) is 3.69. The minimum Gasteiger partial charge on any atom is -0.369 e. The third-order valence-electron chi connectivity index (χ3n) is 2.36. The number of rotatable bonds is 2. The van der Waals surface area contributed by atoms with Gasteiger partial charge in [-0.25, -0.2) is 0 Å². The Morgan fingerprint density at radius 2 is 2.27 bits per heavy atom. The summed E-state index contributed by atoms with van der Waals surface area (Å²) >= 11 is 0. The molecular formula is C12H12N2O. The molecule has 15 heavy (non-hydrogen) atoms. The number of aromatic nitrogens is 1. The van der Waals surface area contributed by atoms with Crippen LogP contribution in [0.5, 0.6) is 0 Å². The highest BCUT2D eigenvalue weighted by molar-refractivity contribution is 5.89. The largest absolute Gasteiger partial charge is 0.369 e. The van der Waals surface area contributed by atoms with Gasteiger partial charge in [-0.3, -0.25) is 9.78 Å². The average molecular weight is 200 g/mol. The molecule has 2 N–H and O–H groups in total. The van der Waals surface area contributed by atoms with Crippen molar-refractivity contribution in [3.8, 4) is 0 Å². The molecule has 0 aliphatic rings. The van der Waals surface area contributed by atoms with Gasteiger partial charge in [0, 0.05) is 17.3 Å². The number of nitrogens with two attached hydrogens (primary N) is 1. The number of amides is 1. The maximum atomic E-state index is 10.9. The first-order chi connectivity index (χ1) is 7.16. The number of aryl methyl sites for hydroxylation is 1. The number of primary amides is 1. The summed E-state index contributed by atoms with van der Waals surface area (Å²) in [6.45, 7) is 1.93. The molecule has 0 saturated carbocycles. The van der Waals surface area contributed by atoms with E-state index in [0.717, 1.165) is 22.0 Å². The van der Waals surface area contributed by atoms with E-state index in [1.165, 1.54) is 0 Å². The lowest BCUT2D eigenvalue weighted by Gasteiger charge is -2.04. The van der Waals surface area contributed by atoms with Gasteiger partial charge in [0.1, 0.15) is 0 Å². The van der Waals surface area contributed by atoms with Crippen molar-refractivity contribution in [2.75, 3.05) is 0 Å². The highest BCUT2D eigenvalue weighted by Crippen LogP contribution is 2.19. The second-order valence-electron chi connectivity index (χ2n) is 3.61. The van der Waals surface area contributed by atoms with Crippen LogP contribution in [0.4, 0.5) is 0 Å². The molecule has 0 saturated heterocycles.